The van der Waals surface area contributed by atoms with E-state index in [1.165, 1.54) is 6.42 Å². The van der Waals surface area contributed by atoms with Crippen LogP contribution in [0.5, 0.6) is 0 Å². The SMILES string of the molecule is CCC(C)(C)CC(C)(C)COS(C)(S)S. The Morgan fingerprint density at radius 3 is 1.87 bits per heavy atom. The van der Waals surface area contributed by atoms with Crippen molar-refractivity contribution >= 4 is 31.7 Å². The molecule has 0 spiro atoms. The molecule has 0 aromatic rings. The molecule has 0 atom stereocenters. The molecule has 0 saturated heterocycles. The minimum absolute atomic E-state index is 0.194. The van der Waals surface area contributed by atoms with E-state index in [1.54, 1.807) is 0 Å². The van der Waals surface area contributed by atoms with Gasteiger partial charge in [-0.3, -0.25) is 0 Å². The van der Waals surface area contributed by atoms with Crippen molar-refractivity contribution in [3.8, 4) is 0 Å². The van der Waals surface area contributed by atoms with Crippen molar-refractivity contribution < 1.29 is 4.18 Å². The lowest BCUT2D eigenvalue weighted by molar-refractivity contribution is 0.127. The lowest BCUT2D eigenvalue weighted by atomic mass is 9.74. The van der Waals surface area contributed by atoms with Gasteiger partial charge in [-0.25, -0.2) is 0 Å². The highest BCUT2D eigenvalue weighted by atomic mass is 33.5. The molecule has 0 N–H and O–H groups in total. The van der Waals surface area contributed by atoms with E-state index in [4.69, 9.17) is 4.18 Å². The average Bonchev–Trinajstić information content (AvgIpc) is 1.98. The monoisotopic (exact) mass is 270 g/mol. The van der Waals surface area contributed by atoms with Crippen molar-refractivity contribution in [1.82, 2.24) is 0 Å². The molecule has 0 aromatic heterocycles. The van der Waals surface area contributed by atoms with Gasteiger partial charge in [0.15, 0.2) is 0 Å². The summed E-state index contributed by atoms with van der Waals surface area (Å²) in [6.45, 7) is 12.1. The van der Waals surface area contributed by atoms with Crippen molar-refractivity contribution in [2.45, 2.75) is 47.5 Å². The maximum absolute atomic E-state index is 5.70. The van der Waals surface area contributed by atoms with Crippen molar-refractivity contribution in [1.29, 1.82) is 0 Å². The molecular weight excluding hydrogens is 244 g/mol. The lowest BCUT2D eigenvalue weighted by Gasteiger charge is -2.36. The number of hydrogen-bond acceptors (Lipinski definition) is 3. The second-order valence-corrected chi connectivity index (χ2v) is 12.7. The molecule has 0 rings (SSSR count). The summed E-state index contributed by atoms with van der Waals surface area (Å²) < 4.78 is 5.70. The second kappa shape index (κ2) is 5.56. The van der Waals surface area contributed by atoms with Gasteiger partial charge in [-0.15, -0.1) is 0 Å². The first-order chi connectivity index (χ1) is 6.47. The highest BCUT2D eigenvalue weighted by Crippen LogP contribution is 2.55. The highest BCUT2D eigenvalue weighted by Gasteiger charge is 2.29. The van der Waals surface area contributed by atoms with Gasteiger partial charge in [0.2, 0.25) is 0 Å². The van der Waals surface area contributed by atoms with Gasteiger partial charge in [0, 0.05) is 6.26 Å². The van der Waals surface area contributed by atoms with Crippen LogP contribution in [0.25, 0.3) is 0 Å². The summed E-state index contributed by atoms with van der Waals surface area (Å²) in [4.78, 5) is 0. The molecule has 94 valence electrons. The topological polar surface area (TPSA) is 9.23 Å². The normalized spacial score (nSPS) is 15.5. The Balaban J connectivity index is 4.19. The van der Waals surface area contributed by atoms with E-state index in [9.17, 15) is 0 Å². The van der Waals surface area contributed by atoms with Crippen LogP contribution in [-0.4, -0.2) is 12.9 Å². The molecule has 0 aliphatic rings. The molecule has 0 saturated carbocycles. The van der Waals surface area contributed by atoms with E-state index in [-0.39, 0.29) is 5.41 Å². The van der Waals surface area contributed by atoms with Crippen LogP contribution >= 0.6 is 31.7 Å². The van der Waals surface area contributed by atoms with Crippen LogP contribution in [0.2, 0.25) is 0 Å². The van der Waals surface area contributed by atoms with Gasteiger partial charge in [0.25, 0.3) is 0 Å². The summed E-state index contributed by atoms with van der Waals surface area (Å²) in [5.41, 5.74) is 0.574. The van der Waals surface area contributed by atoms with Crippen LogP contribution in [0.3, 0.4) is 0 Å². The van der Waals surface area contributed by atoms with Gasteiger partial charge in [-0.1, -0.05) is 64.4 Å². The van der Waals surface area contributed by atoms with Crippen molar-refractivity contribution in [2.75, 3.05) is 12.9 Å². The van der Waals surface area contributed by atoms with E-state index in [0.29, 0.717) is 5.41 Å². The van der Waals surface area contributed by atoms with Crippen molar-refractivity contribution in [3.05, 3.63) is 0 Å². The summed E-state index contributed by atoms with van der Waals surface area (Å²) in [6.07, 6.45) is 4.29. The average molecular weight is 271 g/mol. The third kappa shape index (κ3) is 8.78. The van der Waals surface area contributed by atoms with Crippen LogP contribution in [0.1, 0.15) is 47.5 Å². The predicted molar refractivity (Wildman–Crippen MR) is 79.9 cm³/mol. The zero-order valence-electron chi connectivity index (χ0n) is 10.8. The standard InChI is InChI=1S/C11H26OS3/c1-7-10(2,3)8-11(4,5)9-12-15(6,13)14/h13-14H,7-9H2,1-6H3. The summed E-state index contributed by atoms with van der Waals surface area (Å²) in [7, 11) is -1.43. The maximum atomic E-state index is 5.70. The number of rotatable bonds is 6. The second-order valence-electron chi connectivity index (χ2n) is 5.88. The molecule has 15 heavy (non-hydrogen) atoms. The Bertz CT molecular complexity index is 194. The van der Waals surface area contributed by atoms with Crippen LogP contribution in [0.15, 0.2) is 0 Å². The molecule has 0 aliphatic heterocycles. The van der Waals surface area contributed by atoms with Crippen LogP contribution in [-0.2, 0) is 4.18 Å². The fraction of sp³-hybridized carbons (Fsp3) is 1.00. The summed E-state index contributed by atoms with van der Waals surface area (Å²) >= 11 is 8.65. The van der Waals surface area contributed by atoms with Gasteiger partial charge in [-0.2, -0.15) is 0 Å². The van der Waals surface area contributed by atoms with E-state index in [0.717, 1.165) is 13.0 Å². The zero-order chi connectivity index (χ0) is 12.3. The molecule has 0 fully saturated rings. The Morgan fingerprint density at radius 2 is 1.53 bits per heavy atom. The van der Waals surface area contributed by atoms with E-state index in [1.807, 2.05) is 6.26 Å². The van der Waals surface area contributed by atoms with Gasteiger partial charge >= 0.3 is 0 Å². The molecule has 0 heterocycles. The largest absolute Gasteiger partial charge is 0.318 e. The Hall–Kier alpha value is 1.01. The minimum Gasteiger partial charge on any atom is -0.318 e. The van der Waals surface area contributed by atoms with Crippen molar-refractivity contribution in [3.63, 3.8) is 0 Å². The fourth-order valence-corrected chi connectivity index (χ4v) is 2.60. The first kappa shape index (κ1) is 16.0. The first-order valence-corrected chi connectivity index (χ1v) is 9.42. The first-order valence-electron chi connectivity index (χ1n) is 5.35. The minimum atomic E-state index is -1.43. The molecule has 0 aromatic carbocycles. The molecule has 0 radical (unpaired) electrons. The molecule has 1 nitrogen and oxygen atoms in total. The Kier molecular flexibility index (Phi) is 5.94. The summed E-state index contributed by atoms with van der Waals surface area (Å²) in [6, 6.07) is 0. The van der Waals surface area contributed by atoms with E-state index >= 15 is 0 Å². The van der Waals surface area contributed by atoms with E-state index in [2.05, 4.69) is 57.9 Å². The summed E-state index contributed by atoms with van der Waals surface area (Å²) in [5.74, 6) is 0. The quantitative estimate of drug-likeness (QED) is 0.516. The predicted octanol–water partition coefficient (Wildman–Crippen LogP) is 4.89. The lowest BCUT2D eigenvalue weighted by Crippen LogP contribution is -2.26. The molecule has 0 unspecified atom stereocenters. The van der Waals surface area contributed by atoms with Gasteiger partial charge < -0.3 is 4.18 Å². The van der Waals surface area contributed by atoms with Gasteiger partial charge in [0.05, 0.1) is 6.61 Å². The van der Waals surface area contributed by atoms with Crippen LogP contribution in [0, 0.1) is 10.8 Å². The highest BCUT2D eigenvalue weighted by molar-refractivity contribution is 9.15. The van der Waals surface area contributed by atoms with Crippen LogP contribution < -0.4 is 0 Å². The van der Waals surface area contributed by atoms with E-state index < -0.39 is 8.37 Å². The zero-order valence-corrected chi connectivity index (χ0v) is 13.4. The number of thiol groups is 2. The van der Waals surface area contributed by atoms with Crippen molar-refractivity contribution in [2.24, 2.45) is 10.8 Å². The van der Waals surface area contributed by atoms with Crippen LogP contribution in [0.4, 0.5) is 0 Å². The Morgan fingerprint density at radius 1 is 1.07 bits per heavy atom. The maximum Gasteiger partial charge on any atom is 0.0663 e. The van der Waals surface area contributed by atoms with Gasteiger partial charge in [0.1, 0.15) is 0 Å². The third-order valence-corrected chi connectivity index (χ3v) is 3.78. The Labute approximate surface area is 107 Å². The molecule has 0 bridgehead atoms. The summed E-state index contributed by atoms with van der Waals surface area (Å²) in [5, 5.41) is 0. The smallest absolute Gasteiger partial charge is 0.0663 e. The number of hydrogen-bond donors (Lipinski definition) is 2. The molecule has 0 aliphatic carbocycles. The third-order valence-electron chi connectivity index (χ3n) is 2.59. The molecule has 4 heteroatoms. The fourth-order valence-electron chi connectivity index (χ4n) is 1.74. The molecular formula is C11H26OS3. The molecule has 0 amide bonds. The van der Waals surface area contributed by atoms with Gasteiger partial charge in [-0.05, 0) is 25.6 Å².